The van der Waals surface area contributed by atoms with E-state index in [4.69, 9.17) is 21.7 Å². The molecule has 0 saturated carbocycles. The summed E-state index contributed by atoms with van der Waals surface area (Å²) in [6.45, 7) is 6.77. The summed E-state index contributed by atoms with van der Waals surface area (Å²) in [6, 6.07) is 9.33. The summed E-state index contributed by atoms with van der Waals surface area (Å²) in [5, 5.41) is 6.80. The zero-order valence-electron chi connectivity index (χ0n) is 17.6. The number of amides is 1. The first-order valence-corrected chi connectivity index (χ1v) is 10.3. The second-order valence-electron chi connectivity index (χ2n) is 8.07. The molecule has 1 aliphatic heterocycles. The van der Waals surface area contributed by atoms with Crippen LogP contribution in [0.15, 0.2) is 30.3 Å². The van der Waals surface area contributed by atoms with Gasteiger partial charge < -0.3 is 25.0 Å². The van der Waals surface area contributed by atoms with E-state index in [1.807, 2.05) is 51.1 Å². The van der Waals surface area contributed by atoms with Crippen LogP contribution < -0.4 is 10.6 Å². The summed E-state index contributed by atoms with van der Waals surface area (Å²) in [7, 11) is 1.37. The van der Waals surface area contributed by atoms with Crippen molar-refractivity contribution in [2.24, 2.45) is 0 Å². The summed E-state index contributed by atoms with van der Waals surface area (Å²) >= 11 is 5.44. The molecule has 1 heterocycles. The molecule has 2 atom stereocenters. The summed E-state index contributed by atoms with van der Waals surface area (Å²) in [4.78, 5) is 26.0. The fourth-order valence-electron chi connectivity index (χ4n) is 3.22. The molecule has 0 spiro atoms. The van der Waals surface area contributed by atoms with E-state index in [1.54, 1.807) is 4.90 Å². The van der Waals surface area contributed by atoms with Gasteiger partial charge in [-0.15, -0.1) is 0 Å². The normalized spacial score (nSPS) is 17.4. The fourth-order valence-corrected chi connectivity index (χ4v) is 3.44. The molecule has 0 bridgehead atoms. The Labute approximate surface area is 178 Å². The van der Waals surface area contributed by atoms with Gasteiger partial charge in [-0.3, -0.25) is 4.79 Å². The predicted octanol–water partition coefficient (Wildman–Crippen LogP) is 3.15. The lowest BCUT2D eigenvalue weighted by Gasteiger charge is -2.29. The molecule has 1 fully saturated rings. The maximum absolute atomic E-state index is 12.4. The lowest BCUT2D eigenvalue weighted by atomic mass is 10.0. The smallest absolute Gasteiger partial charge is 0.410 e. The highest BCUT2D eigenvalue weighted by Gasteiger charge is 2.32. The number of hydrogen-bond donors (Lipinski definition) is 2. The quantitative estimate of drug-likeness (QED) is 0.539. The van der Waals surface area contributed by atoms with E-state index in [9.17, 15) is 9.59 Å². The summed E-state index contributed by atoms with van der Waals surface area (Å²) < 4.78 is 10.3. The summed E-state index contributed by atoms with van der Waals surface area (Å²) in [5.41, 5.74) is 0.420. The van der Waals surface area contributed by atoms with Gasteiger partial charge in [-0.25, -0.2) is 4.79 Å². The average Bonchev–Trinajstić information content (AvgIpc) is 3.14. The highest BCUT2D eigenvalue weighted by Crippen LogP contribution is 2.21. The predicted molar refractivity (Wildman–Crippen MR) is 116 cm³/mol. The molecular weight excluding hydrogens is 390 g/mol. The molecule has 8 heteroatoms. The van der Waals surface area contributed by atoms with Gasteiger partial charge >= 0.3 is 12.1 Å². The highest BCUT2D eigenvalue weighted by atomic mass is 32.1. The van der Waals surface area contributed by atoms with Gasteiger partial charge in [-0.2, -0.15) is 0 Å². The van der Waals surface area contributed by atoms with E-state index in [-0.39, 0.29) is 30.6 Å². The molecule has 1 aliphatic rings. The lowest BCUT2D eigenvalue weighted by molar-refractivity contribution is -0.141. The van der Waals surface area contributed by atoms with E-state index in [1.165, 1.54) is 7.11 Å². The number of nitrogens with zero attached hydrogens (tertiary/aromatic N) is 1. The van der Waals surface area contributed by atoms with Crippen molar-refractivity contribution < 1.29 is 19.1 Å². The van der Waals surface area contributed by atoms with Crippen LogP contribution in [0.1, 0.15) is 51.6 Å². The van der Waals surface area contributed by atoms with Gasteiger partial charge in [0, 0.05) is 13.1 Å². The van der Waals surface area contributed by atoms with Gasteiger partial charge in [0.25, 0.3) is 0 Å². The second kappa shape index (κ2) is 10.4. The van der Waals surface area contributed by atoms with Crippen molar-refractivity contribution in [1.82, 2.24) is 15.5 Å². The average molecular weight is 422 g/mol. The molecule has 2 rings (SSSR count). The number of nitrogens with one attached hydrogen (secondary N) is 2. The van der Waals surface area contributed by atoms with E-state index in [2.05, 4.69) is 10.6 Å². The van der Waals surface area contributed by atoms with Crippen LogP contribution in [0.25, 0.3) is 0 Å². The van der Waals surface area contributed by atoms with Crippen LogP contribution in [0.4, 0.5) is 4.79 Å². The second-order valence-corrected chi connectivity index (χ2v) is 8.48. The standard InChI is InChI=1S/C21H31N3O4S/c1-21(2,3)28-20(26)24-12-8-11-16(24)14-22-19(29)23-17(13-18(25)27-4)15-9-6-5-7-10-15/h5-7,9-10,16-17H,8,11-14H2,1-4H3,(H2,22,23,29)/t16-,17+/m0/s1. The molecule has 7 nitrogen and oxygen atoms in total. The number of esters is 1. The van der Waals surface area contributed by atoms with Crippen molar-refractivity contribution in [2.45, 2.75) is 57.7 Å². The molecule has 0 radical (unpaired) electrons. The number of methoxy groups -OCH3 is 1. The van der Waals surface area contributed by atoms with Gasteiger partial charge in [-0.05, 0) is 51.4 Å². The Bertz CT molecular complexity index is 706. The van der Waals surface area contributed by atoms with Gasteiger partial charge in [0.2, 0.25) is 0 Å². The number of likely N-dealkylation sites (tertiary alicyclic amines) is 1. The Balaban J connectivity index is 1.92. The molecule has 1 saturated heterocycles. The third-order valence-electron chi connectivity index (χ3n) is 4.61. The number of ether oxygens (including phenoxy) is 2. The molecule has 0 aliphatic carbocycles. The van der Waals surface area contributed by atoms with Crippen LogP contribution in [0.2, 0.25) is 0 Å². The minimum absolute atomic E-state index is 0.0142. The van der Waals surface area contributed by atoms with Gasteiger partial charge in [0.15, 0.2) is 5.11 Å². The number of rotatable bonds is 6. The van der Waals surface area contributed by atoms with Crippen molar-refractivity contribution in [1.29, 1.82) is 0 Å². The Morgan fingerprint density at radius 1 is 1.28 bits per heavy atom. The minimum Gasteiger partial charge on any atom is -0.469 e. The number of thiocarbonyl (C=S) groups is 1. The Kier molecular flexibility index (Phi) is 8.25. The zero-order chi connectivity index (χ0) is 21.4. The first-order valence-electron chi connectivity index (χ1n) is 9.85. The number of hydrogen-bond acceptors (Lipinski definition) is 5. The molecule has 1 aromatic carbocycles. The van der Waals surface area contributed by atoms with Crippen LogP contribution in [0.5, 0.6) is 0 Å². The molecule has 1 amide bonds. The molecule has 0 unspecified atom stereocenters. The van der Waals surface area contributed by atoms with Gasteiger partial charge in [0.1, 0.15) is 5.60 Å². The van der Waals surface area contributed by atoms with Crippen LogP contribution in [0.3, 0.4) is 0 Å². The Hall–Kier alpha value is -2.35. The maximum atomic E-state index is 12.4. The van der Waals surface area contributed by atoms with Crippen LogP contribution in [-0.2, 0) is 14.3 Å². The van der Waals surface area contributed by atoms with Crippen LogP contribution >= 0.6 is 12.2 Å². The Morgan fingerprint density at radius 3 is 2.59 bits per heavy atom. The maximum Gasteiger partial charge on any atom is 0.410 e. The van der Waals surface area contributed by atoms with E-state index >= 15 is 0 Å². The van der Waals surface area contributed by atoms with Gasteiger partial charge in [-0.1, -0.05) is 30.3 Å². The van der Waals surface area contributed by atoms with Crippen molar-refractivity contribution in [3.63, 3.8) is 0 Å². The molecular formula is C21H31N3O4S. The first kappa shape index (κ1) is 22.9. The molecule has 29 heavy (non-hydrogen) atoms. The largest absolute Gasteiger partial charge is 0.469 e. The summed E-state index contributed by atoms with van der Waals surface area (Å²) in [6.07, 6.45) is 1.68. The zero-order valence-corrected chi connectivity index (χ0v) is 18.4. The van der Waals surface area contributed by atoms with Crippen molar-refractivity contribution in [3.05, 3.63) is 35.9 Å². The minimum atomic E-state index is -0.523. The van der Waals surface area contributed by atoms with Crippen LogP contribution in [0, 0.1) is 0 Å². The lowest BCUT2D eigenvalue weighted by Crippen LogP contribution is -2.47. The van der Waals surface area contributed by atoms with Gasteiger partial charge in [0.05, 0.1) is 25.6 Å². The number of carbonyl (C=O) groups is 2. The molecule has 1 aromatic rings. The third-order valence-corrected chi connectivity index (χ3v) is 4.87. The van der Waals surface area contributed by atoms with E-state index < -0.39 is 5.60 Å². The summed E-state index contributed by atoms with van der Waals surface area (Å²) in [5.74, 6) is -0.318. The van der Waals surface area contributed by atoms with E-state index in [0.29, 0.717) is 18.2 Å². The third kappa shape index (κ3) is 7.53. The first-order chi connectivity index (χ1) is 13.7. The topological polar surface area (TPSA) is 79.9 Å². The molecule has 0 aromatic heterocycles. The number of benzene rings is 1. The van der Waals surface area contributed by atoms with E-state index in [0.717, 1.165) is 18.4 Å². The fraction of sp³-hybridized carbons (Fsp3) is 0.571. The Morgan fingerprint density at radius 2 is 1.97 bits per heavy atom. The highest BCUT2D eigenvalue weighted by molar-refractivity contribution is 7.80. The van der Waals surface area contributed by atoms with Crippen molar-refractivity contribution >= 4 is 29.4 Å². The molecule has 2 N–H and O–H groups in total. The monoisotopic (exact) mass is 421 g/mol. The number of carbonyl (C=O) groups excluding carboxylic acids is 2. The SMILES string of the molecule is COC(=O)C[C@@H](NC(=S)NC[C@@H]1CCCN1C(=O)OC(C)(C)C)c1ccccc1. The van der Waals surface area contributed by atoms with Crippen molar-refractivity contribution in [2.75, 3.05) is 20.2 Å². The van der Waals surface area contributed by atoms with Crippen molar-refractivity contribution in [3.8, 4) is 0 Å². The van der Waals surface area contributed by atoms with Crippen LogP contribution in [-0.4, -0.2) is 53.9 Å². The molecule has 160 valence electrons.